The number of fused-ring (bicyclic) bond motifs is 2. The molecule has 0 spiro atoms. The van der Waals surface area contributed by atoms with Crippen molar-refractivity contribution in [1.29, 1.82) is 0 Å². The maximum atomic E-state index is 6.69. The summed E-state index contributed by atoms with van der Waals surface area (Å²) >= 11 is 6.19. The van der Waals surface area contributed by atoms with E-state index < -0.39 is 0 Å². The van der Waals surface area contributed by atoms with Gasteiger partial charge in [-0.15, -0.1) is 0 Å². The molecule has 0 saturated heterocycles. The van der Waals surface area contributed by atoms with Gasteiger partial charge >= 0.3 is 0 Å². The summed E-state index contributed by atoms with van der Waals surface area (Å²) in [5.41, 5.74) is 20.9. The Balaban J connectivity index is 2.16. The summed E-state index contributed by atoms with van der Waals surface area (Å²) in [6, 6.07) is 11.3. The Hall–Kier alpha value is -1.96. The molecule has 6 nitrogen and oxygen atoms in total. The van der Waals surface area contributed by atoms with Crippen molar-refractivity contribution in [2.75, 3.05) is 39.8 Å². The first-order valence-electron chi connectivity index (χ1n) is 9.02. The van der Waals surface area contributed by atoms with E-state index in [0.717, 1.165) is 46.2 Å². The second kappa shape index (κ2) is 8.82. The molecule has 144 valence electrons. The van der Waals surface area contributed by atoms with E-state index in [0.29, 0.717) is 24.7 Å². The number of ether oxygens (including phenoxy) is 1. The number of nitrogens with zero attached hydrogens (tertiary/aromatic N) is 2. The number of halogens is 1. The molecule has 0 saturated carbocycles. The summed E-state index contributed by atoms with van der Waals surface area (Å²) in [7, 11) is 1.65. The number of pyridine rings is 1. The van der Waals surface area contributed by atoms with E-state index in [1.165, 1.54) is 0 Å². The van der Waals surface area contributed by atoms with Crippen LogP contribution in [0.15, 0.2) is 36.4 Å². The third-order valence-corrected chi connectivity index (χ3v) is 4.94. The highest BCUT2D eigenvalue weighted by Crippen LogP contribution is 2.33. The van der Waals surface area contributed by atoms with Gasteiger partial charge in [-0.25, -0.2) is 4.98 Å². The quantitative estimate of drug-likeness (QED) is 0.512. The second-order valence-corrected chi connectivity index (χ2v) is 6.99. The highest BCUT2D eigenvalue weighted by molar-refractivity contribution is 6.31. The zero-order chi connectivity index (χ0) is 19.4. The van der Waals surface area contributed by atoms with Gasteiger partial charge in [-0.05, 0) is 35.9 Å². The zero-order valence-electron chi connectivity index (χ0n) is 15.5. The number of methoxy groups -OCH3 is 1. The number of hydrogen-bond acceptors (Lipinski definition) is 6. The summed E-state index contributed by atoms with van der Waals surface area (Å²) in [4.78, 5) is 6.95. The lowest BCUT2D eigenvalue weighted by atomic mass is 9.96. The molecular weight excluding hydrogens is 362 g/mol. The molecule has 7 heteroatoms. The Morgan fingerprint density at radius 1 is 1.04 bits per heavy atom. The molecular formula is C20H26ClN5O. The number of aromatic nitrogens is 1. The molecule has 2 aromatic carbocycles. The van der Waals surface area contributed by atoms with Crippen molar-refractivity contribution in [3.8, 4) is 5.75 Å². The van der Waals surface area contributed by atoms with Gasteiger partial charge in [0, 0.05) is 54.6 Å². The van der Waals surface area contributed by atoms with Crippen molar-refractivity contribution in [3.63, 3.8) is 0 Å². The monoisotopic (exact) mass is 387 g/mol. The Labute approximate surface area is 164 Å². The molecule has 1 unspecified atom stereocenters. The zero-order valence-corrected chi connectivity index (χ0v) is 16.2. The van der Waals surface area contributed by atoms with Crippen LogP contribution in [0.5, 0.6) is 5.75 Å². The van der Waals surface area contributed by atoms with E-state index in [4.69, 9.17) is 38.5 Å². The van der Waals surface area contributed by atoms with Gasteiger partial charge in [0.1, 0.15) is 5.75 Å². The second-order valence-electron chi connectivity index (χ2n) is 6.55. The molecule has 0 aliphatic heterocycles. The van der Waals surface area contributed by atoms with E-state index in [-0.39, 0.29) is 6.04 Å². The number of nitrogens with two attached hydrogens (primary N) is 3. The molecule has 0 aliphatic carbocycles. The predicted molar refractivity (Wildman–Crippen MR) is 112 cm³/mol. The molecule has 0 aliphatic rings. The lowest BCUT2D eigenvalue weighted by molar-refractivity contribution is 0.272. The average Bonchev–Trinajstić information content (AvgIpc) is 2.65. The molecule has 0 bridgehead atoms. The highest BCUT2D eigenvalue weighted by Gasteiger charge is 2.19. The maximum Gasteiger partial charge on any atom is 0.119 e. The minimum atomic E-state index is -0.232. The van der Waals surface area contributed by atoms with Gasteiger partial charge < -0.3 is 21.9 Å². The van der Waals surface area contributed by atoms with Crippen LogP contribution in [0.25, 0.3) is 21.8 Å². The Kier molecular flexibility index (Phi) is 6.46. The minimum Gasteiger partial charge on any atom is -0.497 e. The molecule has 0 fully saturated rings. The lowest BCUT2D eigenvalue weighted by Crippen LogP contribution is -2.38. The molecule has 3 aromatic rings. The summed E-state index contributed by atoms with van der Waals surface area (Å²) in [6.07, 6.45) is 0. The number of hydrogen-bond donors (Lipinski definition) is 3. The third-order valence-electron chi connectivity index (χ3n) is 4.70. The summed E-state index contributed by atoms with van der Waals surface area (Å²) in [5.74, 6) is 0.770. The number of benzene rings is 2. The van der Waals surface area contributed by atoms with Crippen LogP contribution in [0.2, 0.25) is 5.02 Å². The standard InChI is InChI=1S/C20H26ClN5O/c1-27-14-3-5-18-16(11-14)20(15-4-2-13(21)10-19(15)25-18)17(24)12-26(8-6-22)9-7-23/h2-5,10-11,17H,6-9,12,22-24H2,1H3. The molecule has 3 rings (SSSR count). The lowest BCUT2D eigenvalue weighted by Gasteiger charge is -2.26. The van der Waals surface area contributed by atoms with Crippen molar-refractivity contribution in [3.05, 3.63) is 47.0 Å². The normalized spacial score (nSPS) is 12.8. The van der Waals surface area contributed by atoms with Crippen molar-refractivity contribution in [2.24, 2.45) is 17.2 Å². The van der Waals surface area contributed by atoms with Crippen molar-refractivity contribution >= 4 is 33.4 Å². The molecule has 0 radical (unpaired) electrons. The summed E-state index contributed by atoms with van der Waals surface area (Å²) in [5, 5.41) is 2.63. The molecule has 6 N–H and O–H groups in total. The Morgan fingerprint density at radius 3 is 2.44 bits per heavy atom. The maximum absolute atomic E-state index is 6.69. The van der Waals surface area contributed by atoms with Crippen LogP contribution in [-0.2, 0) is 0 Å². The van der Waals surface area contributed by atoms with Crippen LogP contribution in [0, 0.1) is 0 Å². The van der Waals surface area contributed by atoms with Gasteiger partial charge in [0.15, 0.2) is 0 Å². The molecule has 1 aromatic heterocycles. The van der Waals surface area contributed by atoms with Gasteiger partial charge in [0.25, 0.3) is 0 Å². The third kappa shape index (κ3) is 4.31. The van der Waals surface area contributed by atoms with Crippen LogP contribution >= 0.6 is 11.6 Å². The van der Waals surface area contributed by atoms with E-state index in [9.17, 15) is 0 Å². The van der Waals surface area contributed by atoms with Gasteiger partial charge in [-0.3, -0.25) is 4.90 Å². The first-order chi connectivity index (χ1) is 13.1. The van der Waals surface area contributed by atoms with E-state index in [2.05, 4.69) is 4.90 Å². The van der Waals surface area contributed by atoms with Gasteiger partial charge in [-0.1, -0.05) is 17.7 Å². The van der Waals surface area contributed by atoms with Gasteiger partial charge in [-0.2, -0.15) is 0 Å². The van der Waals surface area contributed by atoms with Crippen molar-refractivity contribution in [2.45, 2.75) is 6.04 Å². The molecule has 27 heavy (non-hydrogen) atoms. The summed E-state index contributed by atoms with van der Waals surface area (Å²) in [6.45, 7) is 3.28. The van der Waals surface area contributed by atoms with E-state index in [1.807, 2.05) is 36.4 Å². The Bertz CT molecular complexity index is 927. The molecule has 1 atom stereocenters. The van der Waals surface area contributed by atoms with E-state index in [1.54, 1.807) is 7.11 Å². The topological polar surface area (TPSA) is 103 Å². The number of rotatable bonds is 8. The largest absolute Gasteiger partial charge is 0.497 e. The molecule has 0 amide bonds. The van der Waals surface area contributed by atoms with Crippen LogP contribution in [-0.4, -0.2) is 49.7 Å². The van der Waals surface area contributed by atoms with Gasteiger partial charge in [0.05, 0.1) is 18.1 Å². The fourth-order valence-corrected chi connectivity index (χ4v) is 3.65. The summed E-state index contributed by atoms with van der Waals surface area (Å²) < 4.78 is 5.41. The van der Waals surface area contributed by atoms with Crippen LogP contribution in [0.3, 0.4) is 0 Å². The first-order valence-corrected chi connectivity index (χ1v) is 9.40. The average molecular weight is 388 g/mol. The smallest absolute Gasteiger partial charge is 0.119 e. The van der Waals surface area contributed by atoms with Crippen LogP contribution < -0.4 is 21.9 Å². The van der Waals surface area contributed by atoms with Crippen molar-refractivity contribution in [1.82, 2.24) is 9.88 Å². The minimum absolute atomic E-state index is 0.232. The fraction of sp³-hybridized carbons (Fsp3) is 0.350. The van der Waals surface area contributed by atoms with Crippen molar-refractivity contribution < 1.29 is 4.74 Å². The van der Waals surface area contributed by atoms with Crippen LogP contribution in [0.1, 0.15) is 11.6 Å². The fourth-order valence-electron chi connectivity index (χ4n) is 3.48. The van der Waals surface area contributed by atoms with E-state index >= 15 is 0 Å². The Morgan fingerprint density at radius 2 is 1.78 bits per heavy atom. The predicted octanol–water partition coefficient (Wildman–Crippen LogP) is 2.27. The molecule has 1 heterocycles. The highest BCUT2D eigenvalue weighted by atomic mass is 35.5. The van der Waals surface area contributed by atoms with Gasteiger partial charge in [0.2, 0.25) is 0 Å². The SMILES string of the molecule is COc1ccc2nc3cc(Cl)ccc3c(C(N)CN(CCN)CCN)c2c1. The van der Waals surface area contributed by atoms with Crippen LogP contribution in [0.4, 0.5) is 0 Å². The first kappa shape index (κ1) is 19.8.